The van der Waals surface area contributed by atoms with Gasteiger partial charge in [-0.05, 0) is 46.6 Å². The van der Waals surface area contributed by atoms with Gasteiger partial charge in [0.25, 0.3) is 5.91 Å². The summed E-state index contributed by atoms with van der Waals surface area (Å²) in [5.74, 6) is -0.281. The summed E-state index contributed by atoms with van der Waals surface area (Å²) in [4.78, 5) is 26.7. The number of nitrogens with one attached hydrogen (secondary N) is 1. The van der Waals surface area contributed by atoms with Crippen molar-refractivity contribution in [2.24, 2.45) is 0 Å². The second-order valence-corrected chi connectivity index (χ2v) is 7.44. The Morgan fingerprint density at radius 3 is 2.81 bits per heavy atom. The molecule has 2 amide bonds. The average Bonchev–Trinajstić information content (AvgIpc) is 2.79. The van der Waals surface area contributed by atoms with E-state index in [2.05, 4.69) is 21.2 Å². The molecular formula is C15H13BrN2O2S. The van der Waals surface area contributed by atoms with Crippen LogP contribution in [0.15, 0.2) is 34.1 Å². The van der Waals surface area contributed by atoms with Crippen LogP contribution >= 0.6 is 27.3 Å². The summed E-state index contributed by atoms with van der Waals surface area (Å²) >= 11 is 4.73. The summed E-state index contributed by atoms with van der Waals surface area (Å²) in [6.45, 7) is 2.50. The van der Waals surface area contributed by atoms with Gasteiger partial charge >= 0.3 is 0 Å². The smallest absolute Gasteiger partial charge is 0.264 e. The molecule has 0 bridgehead atoms. The number of hydrogen-bond donors (Lipinski definition) is 1. The number of hydrogen-bond acceptors (Lipinski definition) is 3. The van der Waals surface area contributed by atoms with Gasteiger partial charge in [-0.15, -0.1) is 11.3 Å². The van der Waals surface area contributed by atoms with Gasteiger partial charge in [-0.25, -0.2) is 0 Å². The third-order valence-corrected chi connectivity index (χ3v) is 4.91. The molecule has 6 heteroatoms. The predicted molar refractivity (Wildman–Crippen MR) is 86.6 cm³/mol. The van der Waals surface area contributed by atoms with Crippen LogP contribution < -0.4 is 5.32 Å². The van der Waals surface area contributed by atoms with E-state index in [1.165, 1.54) is 11.3 Å². The number of anilines is 1. The lowest BCUT2D eigenvalue weighted by Gasteiger charge is -2.18. The van der Waals surface area contributed by atoms with Crippen LogP contribution in [0.4, 0.5) is 5.69 Å². The van der Waals surface area contributed by atoms with Gasteiger partial charge < -0.3 is 10.2 Å². The van der Waals surface area contributed by atoms with Crippen LogP contribution in [0, 0.1) is 6.92 Å². The molecule has 1 N–H and O–H groups in total. The lowest BCUT2D eigenvalue weighted by molar-refractivity contribution is -0.116. The number of thiophene rings is 1. The molecule has 21 heavy (non-hydrogen) atoms. The number of carbonyl (C=O) groups excluding carboxylic acids is 2. The Morgan fingerprint density at radius 2 is 2.10 bits per heavy atom. The van der Waals surface area contributed by atoms with Gasteiger partial charge in [-0.1, -0.05) is 17.7 Å². The van der Waals surface area contributed by atoms with Crippen LogP contribution in [0.1, 0.15) is 20.8 Å². The minimum absolute atomic E-state index is 0.0715. The molecule has 1 aliphatic heterocycles. The van der Waals surface area contributed by atoms with Crippen molar-refractivity contribution in [1.82, 2.24) is 4.90 Å². The van der Waals surface area contributed by atoms with Crippen molar-refractivity contribution >= 4 is 44.8 Å². The molecule has 3 rings (SSSR count). The van der Waals surface area contributed by atoms with Crippen LogP contribution in [-0.2, 0) is 11.3 Å². The molecule has 0 aliphatic carbocycles. The van der Waals surface area contributed by atoms with E-state index in [1.807, 2.05) is 31.2 Å². The molecular weight excluding hydrogens is 352 g/mol. The van der Waals surface area contributed by atoms with Crippen LogP contribution in [0.2, 0.25) is 0 Å². The summed E-state index contributed by atoms with van der Waals surface area (Å²) in [5, 5.41) is 2.85. The first-order valence-corrected chi connectivity index (χ1v) is 8.08. The lowest BCUT2D eigenvalue weighted by atomic mass is 10.1. The van der Waals surface area contributed by atoms with Crippen molar-refractivity contribution in [2.45, 2.75) is 13.5 Å². The van der Waals surface area contributed by atoms with E-state index in [9.17, 15) is 9.59 Å². The number of nitrogens with zero attached hydrogens (tertiary/aromatic N) is 1. The fourth-order valence-electron chi connectivity index (χ4n) is 2.33. The zero-order valence-electron chi connectivity index (χ0n) is 11.4. The maximum absolute atomic E-state index is 12.5. The maximum Gasteiger partial charge on any atom is 0.264 e. The number of fused-ring (bicyclic) bond motifs is 1. The molecule has 4 nitrogen and oxygen atoms in total. The Balaban J connectivity index is 1.93. The minimum Gasteiger partial charge on any atom is -0.324 e. The van der Waals surface area contributed by atoms with E-state index in [1.54, 1.807) is 11.0 Å². The van der Waals surface area contributed by atoms with E-state index in [-0.39, 0.29) is 18.4 Å². The first kappa shape index (κ1) is 14.3. The number of aryl methyl sites for hydroxylation is 1. The number of rotatable bonds is 1. The highest BCUT2D eigenvalue weighted by atomic mass is 79.9. The molecule has 108 valence electrons. The lowest BCUT2D eigenvalue weighted by Crippen LogP contribution is -2.34. The van der Waals surface area contributed by atoms with Crippen molar-refractivity contribution in [2.75, 3.05) is 11.9 Å². The summed E-state index contributed by atoms with van der Waals surface area (Å²) in [6.07, 6.45) is 0. The van der Waals surface area contributed by atoms with Gasteiger partial charge in [0.2, 0.25) is 5.91 Å². The van der Waals surface area contributed by atoms with E-state index in [0.29, 0.717) is 11.4 Å². The maximum atomic E-state index is 12.5. The number of benzene rings is 1. The number of carbonyl (C=O) groups is 2. The van der Waals surface area contributed by atoms with Crippen LogP contribution in [-0.4, -0.2) is 23.3 Å². The van der Waals surface area contributed by atoms with Crippen molar-refractivity contribution in [1.29, 1.82) is 0 Å². The SMILES string of the molecule is Cc1ccc2c(c1)CN(C(=O)c1ccc(Br)s1)CC(=O)N2. The van der Waals surface area contributed by atoms with E-state index in [0.717, 1.165) is 20.6 Å². The van der Waals surface area contributed by atoms with Crippen molar-refractivity contribution < 1.29 is 9.59 Å². The summed E-state index contributed by atoms with van der Waals surface area (Å²) in [7, 11) is 0. The standard InChI is InChI=1S/C15H13BrN2O2S/c1-9-2-3-11-10(6-9)7-18(8-14(19)17-11)15(20)12-4-5-13(16)21-12/h2-6H,7-8H2,1H3,(H,17,19). The number of amides is 2. The highest BCUT2D eigenvalue weighted by molar-refractivity contribution is 9.11. The van der Waals surface area contributed by atoms with Gasteiger partial charge in [0, 0.05) is 12.2 Å². The molecule has 0 unspecified atom stereocenters. The Bertz CT molecular complexity index is 726. The van der Waals surface area contributed by atoms with Crippen LogP contribution in [0.25, 0.3) is 0 Å². The molecule has 0 radical (unpaired) electrons. The van der Waals surface area contributed by atoms with Crippen molar-refractivity contribution in [3.05, 3.63) is 50.1 Å². The fourth-order valence-corrected chi connectivity index (χ4v) is 3.68. The van der Waals surface area contributed by atoms with Crippen molar-refractivity contribution in [3.63, 3.8) is 0 Å². The Hall–Kier alpha value is -1.66. The third kappa shape index (κ3) is 3.01. The highest BCUT2D eigenvalue weighted by Gasteiger charge is 2.24. The Morgan fingerprint density at radius 1 is 1.29 bits per heavy atom. The molecule has 1 aromatic heterocycles. The van der Waals surface area contributed by atoms with E-state index in [4.69, 9.17) is 0 Å². The quantitative estimate of drug-likeness (QED) is 0.842. The first-order valence-electron chi connectivity index (χ1n) is 6.47. The molecule has 1 aliphatic rings. The molecule has 0 fully saturated rings. The van der Waals surface area contributed by atoms with E-state index >= 15 is 0 Å². The predicted octanol–water partition coefficient (Wildman–Crippen LogP) is 3.41. The monoisotopic (exact) mass is 364 g/mol. The largest absolute Gasteiger partial charge is 0.324 e. The highest BCUT2D eigenvalue weighted by Crippen LogP contribution is 2.26. The molecule has 1 aromatic carbocycles. The zero-order chi connectivity index (χ0) is 15.0. The summed E-state index contributed by atoms with van der Waals surface area (Å²) < 4.78 is 0.904. The Labute approximate surface area is 134 Å². The summed E-state index contributed by atoms with van der Waals surface area (Å²) in [6, 6.07) is 9.46. The van der Waals surface area contributed by atoms with Gasteiger partial charge in [0.05, 0.1) is 8.66 Å². The molecule has 0 atom stereocenters. The van der Waals surface area contributed by atoms with Gasteiger partial charge in [0.1, 0.15) is 6.54 Å². The normalized spacial score (nSPS) is 14.4. The average molecular weight is 365 g/mol. The van der Waals surface area contributed by atoms with Gasteiger partial charge in [0.15, 0.2) is 0 Å². The third-order valence-electron chi connectivity index (χ3n) is 3.30. The second-order valence-electron chi connectivity index (χ2n) is 4.97. The molecule has 2 aromatic rings. The minimum atomic E-state index is -0.165. The van der Waals surface area contributed by atoms with Crippen LogP contribution in [0.3, 0.4) is 0 Å². The van der Waals surface area contributed by atoms with Gasteiger partial charge in [-0.2, -0.15) is 0 Å². The van der Waals surface area contributed by atoms with Crippen LogP contribution in [0.5, 0.6) is 0 Å². The van der Waals surface area contributed by atoms with Gasteiger partial charge in [-0.3, -0.25) is 9.59 Å². The topological polar surface area (TPSA) is 49.4 Å². The zero-order valence-corrected chi connectivity index (χ0v) is 13.8. The molecule has 0 saturated heterocycles. The second kappa shape index (κ2) is 5.61. The molecule has 0 spiro atoms. The molecule has 0 saturated carbocycles. The Kier molecular flexibility index (Phi) is 3.82. The van der Waals surface area contributed by atoms with E-state index < -0.39 is 0 Å². The fraction of sp³-hybridized carbons (Fsp3) is 0.200. The summed E-state index contributed by atoms with van der Waals surface area (Å²) in [5.41, 5.74) is 2.86. The number of halogens is 1. The first-order chi connectivity index (χ1) is 10.0. The van der Waals surface area contributed by atoms with Crippen molar-refractivity contribution in [3.8, 4) is 0 Å². The molecule has 2 heterocycles.